The van der Waals surface area contributed by atoms with Gasteiger partial charge in [-0.2, -0.15) is 13.2 Å². The van der Waals surface area contributed by atoms with Crippen LogP contribution < -0.4 is 10.2 Å². The van der Waals surface area contributed by atoms with Gasteiger partial charge in [0.2, 0.25) is 0 Å². The van der Waals surface area contributed by atoms with Crippen molar-refractivity contribution in [1.82, 2.24) is 10.3 Å². The predicted octanol–water partition coefficient (Wildman–Crippen LogP) is 2.97. The monoisotopic (exact) mass is 275 g/mol. The lowest BCUT2D eigenvalue weighted by molar-refractivity contribution is -0.119. The Morgan fingerprint density at radius 2 is 2.00 bits per heavy atom. The fraction of sp³-hybridized carbons (Fsp3) is 0.615. The van der Waals surface area contributed by atoms with Crippen LogP contribution in [0.3, 0.4) is 0 Å². The largest absolute Gasteiger partial charge is 0.405 e. The maximum absolute atomic E-state index is 12.4. The van der Waals surface area contributed by atoms with E-state index in [9.17, 15) is 13.2 Å². The van der Waals surface area contributed by atoms with Crippen molar-refractivity contribution in [3.8, 4) is 0 Å². The molecule has 3 nitrogen and oxygen atoms in total. The number of hydrogen-bond acceptors (Lipinski definition) is 3. The highest BCUT2D eigenvalue weighted by Crippen LogP contribution is 2.20. The van der Waals surface area contributed by atoms with Crippen LogP contribution in [0.15, 0.2) is 18.2 Å². The standard InChI is InChI=1S/C13H20F3N3/c1-3-8-17-9-11-6-5-7-12(18-11)19(4-2)10-13(14,15)16/h5-7,17H,3-4,8-10H2,1-2H3. The van der Waals surface area contributed by atoms with E-state index in [0.29, 0.717) is 12.4 Å². The van der Waals surface area contributed by atoms with Crippen LogP contribution in [0.2, 0.25) is 0 Å². The molecular weight excluding hydrogens is 255 g/mol. The molecule has 1 heterocycles. The van der Waals surface area contributed by atoms with Gasteiger partial charge in [0, 0.05) is 13.1 Å². The van der Waals surface area contributed by atoms with E-state index in [0.717, 1.165) is 18.7 Å². The quantitative estimate of drug-likeness (QED) is 0.775. The van der Waals surface area contributed by atoms with Crippen molar-refractivity contribution in [1.29, 1.82) is 0 Å². The summed E-state index contributed by atoms with van der Waals surface area (Å²) >= 11 is 0. The van der Waals surface area contributed by atoms with E-state index < -0.39 is 12.7 Å². The molecule has 1 aromatic heterocycles. The number of alkyl halides is 3. The molecule has 0 aliphatic heterocycles. The number of hydrogen-bond donors (Lipinski definition) is 1. The van der Waals surface area contributed by atoms with Gasteiger partial charge in [-0.05, 0) is 32.0 Å². The Kier molecular flexibility index (Phi) is 6.08. The number of pyridine rings is 1. The Balaban J connectivity index is 2.72. The molecule has 0 saturated heterocycles. The Labute approximate surface area is 111 Å². The molecule has 0 aliphatic rings. The molecule has 0 bridgehead atoms. The lowest BCUT2D eigenvalue weighted by Crippen LogP contribution is -2.34. The molecule has 6 heteroatoms. The van der Waals surface area contributed by atoms with E-state index in [2.05, 4.69) is 17.2 Å². The summed E-state index contributed by atoms with van der Waals surface area (Å²) in [4.78, 5) is 5.49. The first-order valence-corrected chi connectivity index (χ1v) is 6.44. The zero-order chi connectivity index (χ0) is 14.3. The summed E-state index contributed by atoms with van der Waals surface area (Å²) in [5, 5.41) is 3.18. The van der Waals surface area contributed by atoms with E-state index in [-0.39, 0.29) is 6.54 Å². The van der Waals surface area contributed by atoms with Gasteiger partial charge in [0.25, 0.3) is 0 Å². The Morgan fingerprint density at radius 3 is 2.58 bits per heavy atom. The van der Waals surface area contributed by atoms with Crippen molar-refractivity contribution in [3.63, 3.8) is 0 Å². The summed E-state index contributed by atoms with van der Waals surface area (Å²) in [5.74, 6) is 0.371. The highest BCUT2D eigenvalue weighted by molar-refractivity contribution is 5.39. The van der Waals surface area contributed by atoms with E-state index in [4.69, 9.17) is 0 Å². The third kappa shape index (κ3) is 5.92. The summed E-state index contributed by atoms with van der Waals surface area (Å²) in [5.41, 5.74) is 0.756. The molecule has 0 amide bonds. The Hall–Kier alpha value is -1.30. The lowest BCUT2D eigenvalue weighted by Gasteiger charge is -2.23. The minimum Gasteiger partial charge on any atom is -0.348 e. The highest BCUT2D eigenvalue weighted by atomic mass is 19.4. The maximum Gasteiger partial charge on any atom is 0.405 e. The van der Waals surface area contributed by atoms with Crippen LogP contribution in [-0.4, -0.2) is 30.8 Å². The molecule has 0 aliphatic carbocycles. The summed E-state index contributed by atoms with van der Waals surface area (Å²) < 4.78 is 37.3. The third-order valence-corrected chi connectivity index (χ3v) is 2.60. The van der Waals surface area contributed by atoms with E-state index in [1.807, 2.05) is 6.07 Å². The first kappa shape index (κ1) is 15.8. The number of rotatable bonds is 7. The van der Waals surface area contributed by atoms with Gasteiger partial charge >= 0.3 is 6.18 Å². The summed E-state index contributed by atoms with van der Waals surface area (Å²) in [6, 6.07) is 5.16. The molecule has 1 rings (SSSR count). The first-order chi connectivity index (χ1) is 8.96. The number of nitrogens with zero attached hydrogens (tertiary/aromatic N) is 2. The number of aromatic nitrogens is 1. The second kappa shape index (κ2) is 7.33. The highest BCUT2D eigenvalue weighted by Gasteiger charge is 2.30. The minimum absolute atomic E-state index is 0.276. The van der Waals surface area contributed by atoms with Crippen LogP contribution in [0.5, 0.6) is 0 Å². The molecule has 19 heavy (non-hydrogen) atoms. The van der Waals surface area contributed by atoms with Gasteiger partial charge in [-0.3, -0.25) is 0 Å². The normalized spacial score (nSPS) is 11.6. The maximum atomic E-state index is 12.4. The SMILES string of the molecule is CCCNCc1cccc(N(CC)CC(F)(F)F)n1. The fourth-order valence-corrected chi connectivity index (χ4v) is 1.71. The molecule has 0 fully saturated rings. The summed E-state index contributed by atoms with van der Waals surface area (Å²) in [6.07, 6.45) is -3.21. The van der Waals surface area contributed by atoms with Crippen molar-refractivity contribution in [2.75, 3.05) is 24.5 Å². The van der Waals surface area contributed by atoms with Crippen LogP contribution in [0, 0.1) is 0 Å². The average Bonchev–Trinajstić information content (AvgIpc) is 2.35. The number of halogens is 3. The Morgan fingerprint density at radius 1 is 1.26 bits per heavy atom. The molecule has 0 atom stereocenters. The van der Waals surface area contributed by atoms with Crippen molar-refractivity contribution < 1.29 is 13.2 Å². The second-order valence-electron chi connectivity index (χ2n) is 4.29. The number of nitrogens with one attached hydrogen (secondary N) is 1. The van der Waals surface area contributed by atoms with Gasteiger partial charge in [0.1, 0.15) is 12.4 Å². The van der Waals surface area contributed by atoms with Crippen molar-refractivity contribution in [2.24, 2.45) is 0 Å². The second-order valence-corrected chi connectivity index (χ2v) is 4.29. The summed E-state index contributed by atoms with van der Waals surface area (Å²) in [6.45, 7) is 4.49. The fourth-order valence-electron chi connectivity index (χ4n) is 1.71. The van der Waals surface area contributed by atoms with Gasteiger partial charge in [-0.15, -0.1) is 0 Å². The third-order valence-electron chi connectivity index (χ3n) is 2.60. The van der Waals surface area contributed by atoms with Crippen LogP contribution in [-0.2, 0) is 6.54 Å². The van der Waals surface area contributed by atoms with Gasteiger partial charge in [0.05, 0.1) is 5.69 Å². The molecule has 108 valence electrons. The van der Waals surface area contributed by atoms with Crippen LogP contribution in [0.1, 0.15) is 26.0 Å². The van der Waals surface area contributed by atoms with Crippen LogP contribution >= 0.6 is 0 Å². The Bertz CT molecular complexity index is 380. The zero-order valence-electron chi connectivity index (χ0n) is 11.3. The molecule has 1 aromatic rings. The lowest BCUT2D eigenvalue weighted by atomic mass is 10.3. The average molecular weight is 275 g/mol. The van der Waals surface area contributed by atoms with Crippen molar-refractivity contribution >= 4 is 5.82 Å². The van der Waals surface area contributed by atoms with Gasteiger partial charge in [-0.25, -0.2) is 4.98 Å². The van der Waals surface area contributed by atoms with Gasteiger partial charge < -0.3 is 10.2 Å². The topological polar surface area (TPSA) is 28.2 Å². The molecule has 1 N–H and O–H groups in total. The van der Waals surface area contributed by atoms with E-state index >= 15 is 0 Å². The zero-order valence-corrected chi connectivity index (χ0v) is 11.3. The van der Waals surface area contributed by atoms with Crippen LogP contribution in [0.4, 0.5) is 19.0 Å². The molecule has 0 spiro atoms. The number of anilines is 1. The molecular formula is C13H20F3N3. The van der Waals surface area contributed by atoms with Gasteiger partial charge in [-0.1, -0.05) is 13.0 Å². The predicted molar refractivity (Wildman–Crippen MR) is 70.2 cm³/mol. The first-order valence-electron chi connectivity index (χ1n) is 6.44. The summed E-state index contributed by atoms with van der Waals surface area (Å²) in [7, 11) is 0. The smallest absolute Gasteiger partial charge is 0.348 e. The van der Waals surface area contributed by atoms with Crippen LogP contribution in [0.25, 0.3) is 0 Å². The van der Waals surface area contributed by atoms with Crippen molar-refractivity contribution in [2.45, 2.75) is 33.0 Å². The van der Waals surface area contributed by atoms with Crippen molar-refractivity contribution in [3.05, 3.63) is 23.9 Å². The van der Waals surface area contributed by atoms with E-state index in [1.54, 1.807) is 19.1 Å². The molecule has 0 saturated carbocycles. The molecule has 0 aromatic carbocycles. The minimum atomic E-state index is -4.21. The molecule has 0 unspecified atom stereocenters. The molecule has 0 radical (unpaired) electrons. The van der Waals surface area contributed by atoms with Gasteiger partial charge in [0.15, 0.2) is 0 Å². The van der Waals surface area contributed by atoms with E-state index in [1.165, 1.54) is 4.90 Å².